The number of rotatable bonds is 9. The Morgan fingerprint density at radius 1 is 1.17 bits per heavy atom. The van der Waals surface area contributed by atoms with E-state index in [4.69, 9.17) is 20.3 Å². The molecule has 1 atom stereocenters. The Hall–Kier alpha value is -1.10. The van der Waals surface area contributed by atoms with Gasteiger partial charge >= 0.3 is 0 Å². The molecule has 3 N–H and O–H groups in total. The van der Waals surface area contributed by atoms with Crippen molar-refractivity contribution in [2.45, 2.75) is 25.3 Å². The van der Waals surface area contributed by atoms with Crippen LogP contribution in [-0.2, 0) is 4.74 Å². The fourth-order valence-corrected chi connectivity index (χ4v) is 1.49. The number of aliphatic hydroxyl groups is 1. The van der Waals surface area contributed by atoms with E-state index in [2.05, 4.69) is 0 Å². The molecule has 1 rings (SSSR count). The molecule has 0 amide bonds. The monoisotopic (exact) mass is 253 g/mol. The van der Waals surface area contributed by atoms with Crippen molar-refractivity contribution < 1.29 is 14.6 Å². The maximum atomic E-state index is 8.98. The zero-order chi connectivity index (χ0) is 13.3. The maximum absolute atomic E-state index is 8.98. The summed E-state index contributed by atoms with van der Waals surface area (Å²) < 4.78 is 10.9. The number of hydrogen-bond acceptors (Lipinski definition) is 4. The molecule has 4 heteroatoms. The molecule has 0 spiro atoms. The minimum Gasteiger partial charge on any atom is -0.491 e. The van der Waals surface area contributed by atoms with Gasteiger partial charge in [-0.2, -0.15) is 0 Å². The van der Waals surface area contributed by atoms with E-state index in [1.54, 1.807) is 0 Å². The van der Waals surface area contributed by atoms with Crippen molar-refractivity contribution in [3.8, 4) is 5.75 Å². The van der Waals surface area contributed by atoms with E-state index >= 15 is 0 Å². The summed E-state index contributed by atoms with van der Waals surface area (Å²) in [6.07, 6.45) is 1.60. The van der Waals surface area contributed by atoms with Gasteiger partial charge in [0.1, 0.15) is 12.4 Å². The number of nitrogens with two attached hydrogens (primary N) is 1. The van der Waals surface area contributed by atoms with Crippen molar-refractivity contribution in [2.24, 2.45) is 5.73 Å². The number of benzene rings is 1. The average molecular weight is 253 g/mol. The lowest BCUT2D eigenvalue weighted by Crippen LogP contribution is -2.40. The second-order valence-electron chi connectivity index (χ2n) is 4.69. The van der Waals surface area contributed by atoms with Gasteiger partial charge in [-0.05, 0) is 31.9 Å². The molecule has 0 aliphatic carbocycles. The summed E-state index contributed by atoms with van der Waals surface area (Å²) in [6.45, 7) is 3.60. The van der Waals surface area contributed by atoms with E-state index in [-0.39, 0.29) is 6.61 Å². The van der Waals surface area contributed by atoms with Crippen LogP contribution in [0, 0.1) is 0 Å². The predicted molar refractivity (Wildman–Crippen MR) is 71.7 cm³/mol. The lowest BCUT2D eigenvalue weighted by Gasteiger charge is -2.21. The molecule has 102 valence electrons. The lowest BCUT2D eigenvalue weighted by molar-refractivity contribution is 0.0907. The molecule has 0 bridgehead atoms. The lowest BCUT2D eigenvalue weighted by atomic mass is 9.99. The Morgan fingerprint density at radius 3 is 2.56 bits per heavy atom. The molecule has 0 fully saturated rings. The van der Waals surface area contributed by atoms with E-state index in [0.717, 1.165) is 18.6 Å². The molecule has 1 unspecified atom stereocenters. The number of ether oxygens (including phenoxy) is 2. The smallest absolute Gasteiger partial charge is 0.119 e. The highest BCUT2D eigenvalue weighted by molar-refractivity contribution is 5.20. The molecule has 18 heavy (non-hydrogen) atoms. The fourth-order valence-electron chi connectivity index (χ4n) is 1.49. The molecule has 1 aromatic carbocycles. The zero-order valence-electron chi connectivity index (χ0n) is 11.0. The molecule has 0 aromatic heterocycles. The van der Waals surface area contributed by atoms with Gasteiger partial charge < -0.3 is 20.3 Å². The molecule has 0 saturated heterocycles. The number of aliphatic hydroxyl groups excluding tert-OH is 1. The SMILES string of the molecule is CC(N)(CO)CCCOCCOc1ccccc1. The summed E-state index contributed by atoms with van der Waals surface area (Å²) in [5, 5.41) is 8.98. The normalized spacial score (nSPS) is 14.2. The van der Waals surface area contributed by atoms with Gasteiger partial charge in [0.2, 0.25) is 0 Å². The van der Waals surface area contributed by atoms with Crippen LogP contribution in [0.3, 0.4) is 0 Å². The minimum atomic E-state index is -0.496. The molecule has 0 aliphatic heterocycles. The van der Waals surface area contributed by atoms with Gasteiger partial charge in [0.05, 0.1) is 13.2 Å². The zero-order valence-corrected chi connectivity index (χ0v) is 11.0. The second-order valence-corrected chi connectivity index (χ2v) is 4.69. The summed E-state index contributed by atoms with van der Waals surface area (Å²) in [6, 6.07) is 9.66. The molecule has 4 nitrogen and oxygen atoms in total. The first-order valence-electron chi connectivity index (χ1n) is 6.29. The Balaban J connectivity index is 1.96. The molecular formula is C14H23NO3. The van der Waals surface area contributed by atoms with E-state index < -0.39 is 5.54 Å². The second kappa shape index (κ2) is 8.08. The van der Waals surface area contributed by atoms with Crippen LogP contribution in [0.5, 0.6) is 5.75 Å². The molecule has 0 saturated carbocycles. The highest BCUT2D eigenvalue weighted by Gasteiger charge is 2.15. The molecule has 1 aromatic rings. The number of hydrogen-bond donors (Lipinski definition) is 2. The van der Waals surface area contributed by atoms with Crippen molar-refractivity contribution in [2.75, 3.05) is 26.4 Å². The third kappa shape index (κ3) is 6.59. The quantitative estimate of drug-likeness (QED) is 0.656. The fraction of sp³-hybridized carbons (Fsp3) is 0.571. The van der Waals surface area contributed by atoms with Crippen LogP contribution in [0.15, 0.2) is 30.3 Å². The molecule has 0 aliphatic rings. The van der Waals surface area contributed by atoms with E-state index in [0.29, 0.717) is 19.8 Å². The van der Waals surface area contributed by atoms with Crippen LogP contribution >= 0.6 is 0 Å². The summed E-state index contributed by atoms with van der Waals surface area (Å²) in [7, 11) is 0. The van der Waals surface area contributed by atoms with Crippen molar-refractivity contribution in [3.63, 3.8) is 0 Å². The Morgan fingerprint density at radius 2 is 1.89 bits per heavy atom. The summed E-state index contributed by atoms with van der Waals surface area (Å²) in [5.41, 5.74) is 5.31. The first-order chi connectivity index (χ1) is 8.64. The largest absolute Gasteiger partial charge is 0.491 e. The summed E-state index contributed by atoms with van der Waals surface area (Å²) in [5.74, 6) is 0.857. The van der Waals surface area contributed by atoms with Crippen molar-refractivity contribution in [3.05, 3.63) is 30.3 Å². The van der Waals surface area contributed by atoms with E-state index in [1.165, 1.54) is 0 Å². The highest BCUT2D eigenvalue weighted by Crippen LogP contribution is 2.08. The summed E-state index contributed by atoms with van der Waals surface area (Å²) >= 11 is 0. The first kappa shape index (κ1) is 15.0. The van der Waals surface area contributed by atoms with Gasteiger partial charge in [0.15, 0.2) is 0 Å². The standard InChI is InChI=1S/C14H23NO3/c1-14(15,12-16)8-5-9-17-10-11-18-13-6-3-2-4-7-13/h2-4,6-7,16H,5,8-12,15H2,1H3. The van der Waals surface area contributed by atoms with Crippen molar-refractivity contribution >= 4 is 0 Å². The molecule has 0 radical (unpaired) electrons. The van der Waals surface area contributed by atoms with Crippen LogP contribution in [-0.4, -0.2) is 37.1 Å². The highest BCUT2D eigenvalue weighted by atomic mass is 16.5. The summed E-state index contributed by atoms with van der Waals surface area (Å²) in [4.78, 5) is 0. The van der Waals surface area contributed by atoms with Crippen LogP contribution in [0.1, 0.15) is 19.8 Å². The minimum absolute atomic E-state index is 0.00409. The van der Waals surface area contributed by atoms with Crippen molar-refractivity contribution in [1.82, 2.24) is 0 Å². The third-order valence-electron chi connectivity index (χ3n) is 2.64. The number of para-hydroxylation sites is 1. The molecular weight excluding hydrogens is 230 g/mol. The predicted octanol–water partition coefficient (Wildman–Crippen LogP) is 1.57. The third-order valence-corrected chi connectivity index (χ3v) is 2.64. The Bertz CT molecular complexity index is 314. The molecule has 0 heterocycles. The van der Waals surface area contributed by atoms with Gasteiger partial charge in [-0.15, -0.1) is 0 Å². The van der Waals surface area contributed by atoms with Crippen molar-refractivity contribution in [1.29, 1.82) is 0 Å². The maximum Gasteiger partial charge on any atom is 0.119 e. The average Bonchev–Trinajstić information content (AvgIpc) is 2.39. The van der Waals surface area contributed by atoms with Crippen LogP contribution < -0.4 is 10.5 Å². The van der Waals surface area contributed by atoms with Crippen LogP contribution in [0.4, 0.5) is 0 Å². The van der Waals surface area contributed by atoms with Gasteiger partial charge in [-0.1, -0.05) is 18.2 Å². The van der Waals surface area contributed by atoms with Crippen LogP contribution in [0.2, 0.25) is 0 Å². The topological polar surface area (TPSA) is 64.7 Å². The van der Waals surface area contributed by atoms with Gasteiger partial charge in [-0.25, -0.2) is 0 Å². The van der Waals surface area contributed by atoms with Crippen LogP contribution in [0.25, 0.3) is 0 Å². The van der Waals surface area contributed by atoms with Gasteiger partial charge in [-0.3, -0.25) is 0 Å². The van der Waals surface area contributed by atoms with E-state index in [1.807, 2.05) is 37.3 Å². The Labute approximate surface area is 109 Å². The first-order valence-corrected chi connectivity index (χ1v) is 6.29. The Kier molecular flexibility index (Phi) is 6.72. The van der Waals surface area contributed by atoms with Gasteiger partial charge in [0.25, 0.3) is 0 Å². The van der Waals surface area contributed by atoms with Gasteiger partial charge in [0, 0.05) is 12.1 Å². The van der Waals surface area contributed by atoms with E-state index in [9.17, 15) is 0 Å².